The van der Waals surface area contributed by atoms with E-state index in [0.717, 1.165) is 5.56 Å². The Balaban J connectivity index is 1.54. The minimum Gasteiger partial charge on any atom is -0.450 e. The van der Waals surface area contributed by atoms with Crippen LogP contribution in [0.15, 0.2) is 40.9 Å². The summed E-state index contributed by atoms with van der Waals surface area (Å²) in [4.78, 5) is 29.8. The van der Waals surface area contributed by atoms with Crippen molar-refractivity contribution in [3.05, 3.63) is 42.3 Å². The minimum absolute atomic E-state index is 0.00320. The predicted octanol–water partition coefficient (Wildman–Crippen LogP) is 2.69. The van der Waals surface area contributed by atoms with Crippen LogP contribution in [-0.4, -0.2) is 47.6 Å². The van der Waals surface area contributed by atoms with E-state index in [4.69, 9.17) is 9.15 Å². The van der Waals surface area contributed by atoms with E-state index in [1.54, 1.807) is 11.8 Å². The number of hydrogen-bond donors (Lipinski definition) is 1. The third-order valence-corrected chi connectivity index (χ3v) is 4.11. The maximum atomic E-state index is 12.3. The number of nitrogens with one attached hydrogen (secondary N) is 1. The molecule has 1 N–H and O–H groups in total. The molecular formula is C18H21N3O4. The van der Waals surface area contributed by atoms with Crippen molar-refractivity contribution in [2.24, 2.45) is 0 Å². The van der Waals surface area contributed by atoms with Crippen molar-refractivity contribution >= 4 is 12.0 Å². The van der Waals surface area contributed by atoms with Gasteiger partial charge >= 0.3 is 6.09 Å². The summed E-state index contributed by atoms with van der Waals surface area (Å²) in [5, 5.41) is 2.94. The zero-order chi connectivity index (χ0) is 17.6. The fourth-order valence-electron chi connectivity index (χ4n) is 2.77. The van der Waals surface area contributed by atoms with Crippen LogP contribution in [0.2, 0.25) is 0 Å². The van der Waals surface area contributed by atoms with Crippen LogP contribution in [0.25, 0.3) is 11.5 Å². The average molecular weight is 343 g/mol. The SMILES string of the molecule is CCOC(=O)N1CCC(NC(=O)c2cnc(-c3ccccc3)o2)CC1. The number of hydrogen-bond acceptors (Lipinski definition) is 5. The van der Waals surface area contributed by atoms with E-state index in [2.05, 4.69) is 10.3 Å². The fourth-order valence-corrected chi connectivity index (χ4v) is 2.77. The summed E-state index contributed by atoms with van der Waals surface area (Å²) >= 11 is 0. The Hall–Kier alpha value is -2.83. The van der Waals surface area contributed by atoms with Crippen molar-refractivity contribution in [2.45, 2.75) is 25.8 Å². The van der Waals surface area contributed by atoms with Crippen LogP contribution >= 0.6 is 0 Å². The average Bonchev–Trinajstić information content (AvgIpc) is 3.13. The first-order valence-corrected chi connectivity index (χ1v) is 8.41. The van der Waals surface area contributed by atoms with Crippen LogP contribution in [0.4, 0.5) is 4.79 Å². The van der Waals surface area contributed by atoms with E-state index >= 15 is 0 Å². The van der Waals surface area contributed by atoms with E-state index in [1.807, 2.05) is 30.3 Å². The summed E-state index contributed by atoms with van der Waals surface area (Å²) in [6, 6.07) is 9.43. The van der Waals surface area contributed by atoms with E-state index < -0.39 is 0 Å². The van der Waals surface area contributed by atoms with E-state index in [1.165, 1.54) is 6.20 Å². The van der Waals surface area contributed by atoms with Gasteiger partial charge in [0.25, 0.3) is 5.91 Å². The number of nitrogens with zero attached hydrogens (tertiary/aromatic N) is 2. The van der Waals surface area contributed by atoms with Gasteiger partial charge in [-0.15, -0.1) is 0 Å². The maximum absolute atomic E-state index is 12.3. The fraction of sp³-hybridized carbons (Fsp3) is 0.389. The first kappa shape index (κ1) is 17.0. The molecule has 1 saturated heterocycles. The lowest BCUT2D eigenvalue weighted by atomic mass is 10.1. The second-order valence-corrected chi connectivity index (χ2v) is 5.83. The Morgan fingerprint density at radius 2 is 2.00 bits per heavy atom. The monoisotopic (exact) mass is 343 g/mol. The molecule has 1 fully saturated rings. The molecule has 0 aliphatic carbocycles. The molecule has 132 valence electrons. The van der Waals surface area contributed by atoms with Crippen LogP contribution in [0.5, 0.6) is 0 Å². The number of piperidine rings is 1. The highest BCUT2D eigenvalue weighted by Crippen LogP contribution is 2.19. The van der Waals surface area contributed by atoms with E-state index in [0.29, 0.717) is 38.4 Å². The molecule has 1 aliphatic heterocycles. The maximum Gasteiger partial charge on any atom is 0.409 e. The third-order valence-electron chi connectivity index (χ3n) is 4.11. The molecule has 1 aromatic carbocycles. The minimum atomic E-state index is -0.296. The summed E-state index contributed by atoms with van der Waals surface area (Å²) in [5.74, 6) is 0.318. The second kappa shape index (κ2) is 7.83. The summed E-state index contributed by atoms with van der Waals surface area (Å²) < 4.78 is 10.5. The van der Waals surface area contributed by atoms with Gasteiger partial charge in [-0.2, -0.15) is 0 Å². The van der Waals surface area contributed by atoms with Gasteiger partial charge in [0, 0.05) is 24.7 Å². The number of aromatic nitrogens is 1. The van der Waals surface area contributed by atoms with Gasteiger partial charge < -0.3 is 19.4 Å². The molecule has 0 radical (unpaired) electrons. The topological polar surface area (TPSA) is 84.7 Å². The first-order valence-electron chi connectivity index (χ1n) is 8.41. The molecule has 7 heteroatoms. The highest BCUT2D eigenvalue weighted by molar-refractivity contribution is 5.91. The van der Waals surface area contributed by atoms with Crippen molar-refractivity contribution < 1.29 is 18.7 Å². The number of benzene rings is 1. The molecule has 1 aliphatic rings. The zero-order valence-corrected chi connectivity index (χ0v) is 14.1. The molecule has 7 nitrogen and oxygen atoms in total. The smallest absolute Gasteiger partial charge is 0.409 e. The molecule has 3 rings (SSSR count). The van der Waals surface area contributed by atoms with Gasteiger partial charge in [-0.25, -0.2) is 9.78 Å². The summed E-state index contributed by atoms with van der Waals surface area (Å²) in [6.45, 7) is 3.28. The molecule has 2 amide bonds. The van der Waals surface area contributed by atoms with Gasteiger partial charge in [-0.05, 0) is 31.9 Å². The highest BCUT2D eigenvalue weighted by Gasteiger charge is 2.25. The summed E-state index contributed by atoms with van der Waals surface area (Å²) in [5.41, 5.74) is 0.823. The molecule has 1 aromatic heterocycles. The highest BCUT2D eigenvalue weighted by atomic mass is 16.6. The number of amides is 2. The van der Waals surface area contributed by atoms with Crippen LogP contribution in [0.3, 0.4) is 0 Å². The summed E-state index contributed by atoms with van der Waals surface area (Å²) in [6.07, 6.45) is 2.51. The summed E-state index contributed by atoms with van der Waals surface area (Å²) in [7, 11) is 0. The Morgan fingerprint density at radius 1 is 1.28 bits per heavy atom. The standard InChI is InChI=1S/C18H21N3O4/c1-2-24-18(23)21-10-8-14(9-11-21)20-16(22)15-12-19-17(25-15)13-6-4-3-5-7-13/h3-7,12,14H,2,8-11H2,1H3,(H,20,22). The molecule has 0 atom stereocenters. The number of ether oxygens (including phenoxy) is 1. The largest absolute Gasteiger partial charge is 0.450 e. The lowest BCUT2D eigenvalue weighted by molar-refractivity contribution is 0.0841. The number of rotatable bonds is 4. The van der Waals surface area contributed by atoms with E-state index in [-0.39, 0.29) is 23.8 Å². The molecule has 2 heterocycles. The Bertz CT molecular complexity index is 721. The number of carbonyl (C=O) groups is 2. The molecule has 0 bridgehead atoms. The third kappa shape index (κ3) is 4.17. The van der Waals surface area contributed by atoms with Gasteiger partial charge in [-0.3, -0.25) is 4.79 Å². The number of oxazole rings is 1. The molecular weight excluding hydrogens is 322 g/mol. The normalized spacial score (nSPS) is 15.0. The van der Waals surface area contributed by atoms with Crippen LogP contribution in [-0.2, 0) is 4.74 Å². The first-order chi connectivity index (χ1) is 12.2. The lowest BCUT2D eigenvalue weighted by Crippen LogP contribution is -2.46. The predicted molar refractivity (Wildman–Crippen MR) is 91.0 cm³/mol. The Morgan fingerprint density at radius 3 is 2.68 bits per heavy atom. The Kier molecular flexibility index (Phi) is 5.33. The van der Waals surface area contributed by atoms with Crippen LogP contribution < -0.4 is 5.32 Å². The lowest BCUT2D eigenvalue weighted by Gasteiger charge is -2.31. The van der Waals surface area contributed by atoms with Gasteiger partial charge in [0.1, 0.15) is 0 Å². The van der Waals surface area contributed by atoms with Crippen molar-refractivity contribution in [3.63, 3.8) is 0 Å². The number of likely N-dealkylation sites (tertiary alicyclic amines) is 1. The van der Waals surface area contributed by atoms with Crippen molar-refractivity contribution in [1.82, 2.24) is 15.2 Å². The van der Waals surface area contributed by atoms with Gasteiger partial charge in [0.05, 0.1) is 12.8 Å². The van der Waals surface area contributed by atoms with Gasteiger partial charge in [0.2, 0.25) is 11.7 Å². The van der Waals surface area contributed by atoms with Crippen molar-refractivity contribution in [3.8, 4) is 11.5 Å². The van der Waals surface area contributed by atoms with Crippen LogP contribution in [0, 0.1) is 0 Å². The van der Waals surface area contributed by atoms with Gasteiger partial charge in [-0.1, -0.05) is 18.2 Å². The Labute approximate surface area is 146 Å². The second-order valence-electron chi connectivity index (χ2n) is 5.83. The molecule has 0 saturated carbocycles. The van der Waals surface area contributed by atoms with Crippen LogP contribution in [0.1, 0.15) is 30.3 Å². The molecule has 25 heavy (non-hydrogen) atoms. The quantitative estimate of drug-likeness (QED) is 0.922. The molecule has 0 unspecified atom stereocenters. The number of carbonyl (C=O) groups excluding carboxylic acids is 2. The van der Waals surface area contributed by atoms with Crippen molar-refractivity contribution in [1.29, 1.82) is 0 Å². The molecule has 2 aromatic rings. The van der Waals surface area contributed by atoms with E-state index in [9.17, 15) is 9.59 Å². The van der Waals surface area contributed by atoms with Gasteiger partial charge in [0.15, 0.2) is 0 Å². The van der Waals surface area contributed by atoms with Crippen molar-refractivity contribution in [2.75, 3.05) is 19.7 Å². The zero-order valence-electron chi connectivity index (χ0n) is 14.1. The molecule has 0 spiro atoms.